The molecule has 4 nitrogen and oxygen atoms in total. The second kappa shape index (κ2) is 9.07. The third kappa shape index (κ3) is 4.73. The van der Waals surface area contributed by atoms with Gasteiger partial charge in [-0.1, -0.05) is 72.2 Å². The van der Waals surface area contributed by atoms with Crippen LogP contribution in [-0.4, -0.2) is 18.4 Å². The first-order valence-electron chi connectivity index (χ1n) is 11.0. The minimum Gasteiger partial charge on any atom is -0.462 e. The highest BCUT2D eigenvalue weighted by atomic mass is 79.9. The highest BCUT2D eigenvalue weighted by Gasteiger charge is 2.43. The molecule has 0 saturated heterocycles. The van der Waals surface area contributed by atoms with Crippen LogP contribution in [0.3, 0.4) is 0 Å². The molecule has 1 N–H and O–H groups in total. The lowest BCUT2D eigenvalue weighted by Gasteiger charge is -2.39. The minimum atomic E-state index is -0.424. The van der Waals surface area contributed by atoms with Gasteiger partial charge in [-0.05, 0) is 42.0 Å². The number of ketones is 1. The monoisotopic (exact) mass is 493 g/mol. The second-order valence-electron chi connectivity index (χ2n) is 9.35. The number of halogens is 1. The Balaban J connectivity index is 1.66. The zero-order chi connectivity index (χ0) is 22.9. The van der Waals surface area contributed by atoms with E-state index in [1.54, 1.807) is 0 Å². The fourth-order valence-corrected chi connectivity index (χ4v) is 4.94. The number of dihydropyridines is 1. The van der Waals surface area contributed by atoms with Crippen LogP contribution in [0.15, 0.2) is 81.6 Å². The number of hydrogen-bond donors (Lipinski definition) is 1. The standard InChI is InChI=1S/C27H28BrNO3/c1-17-23(26(31)32-14-13-18-7-5-4-6-8-18)24(19-9-11-20(28)12-10-19)25-21(29-17)15-27(2,3)16-22(25)30/h4-12,24,29H,13-16H2,1-3H3/t24-/m0/s1. The van der Waals surface area contributed by atoms with Gasteiger partial charge in [0.15, 0.2) is 5.78 Å². The van der Waals surface area contributed by atoms with E-state index in [-0.39, 0.29) is 17.2 Å². The fourth-order valence-electron chi connectivity index (χ4n) is 4.68. The van der Waals surface area contributed by atoms with E-state index in [0.717, 1.165) is 33.4 Å². The van der Waals surface area contributed by atoms with Gasteiger partial charge < -0.3 is 10.1 Å². The summed E-state index contributed by atoms with van der Waals surface area (Å²) in [6.45, 7) is 6.41. The van der Waals surface area contributed by atoms with Gasteiger partial charge in [0.2, 0.25) is 0 Å². The Labute approximate surface area is 197 Å². The van der Waals surface area contributed by atoms with Gasteiger partial charge in [-0.2, -0.15) is 0 Å². The zero-order valence-electron chi connectivity index (χ0n) is 18.7. The largest absolute Gasteiger partial charge is 0.462 e. The lowest BCUT2D eigenvalue weighted by atomic mass is 9.68. The molecule has 1 atom stereocenters. The molecule has 2 aromatic carbocycles. The van der Waals surface area contributed by atoms with Crippen LogP contribution in [0.1, 0.15) is 50.7 Å². The summed E-state index contributed by atoms with van der Waals surface area (Å²) in [6, 6.07) is 17.8. The number of carbonyl (C=O) groups is 2. The quantitative estimate of drug-likeness (QED) is 0.531. The van der Waals surface area contributed by atoms with Gasteiger partial charge in [0.05, 0.1) is 12.2 Å². The number of Topliss-reactive ketones (excluding diaryl/α,β-unsaturated/α-hetero) is 1. The van der Waals surface area contributed by atoms with Crippen LogP contribution < -0.4 is 5.32 Å². The molecule has 5 heteroatoms. The number of benzene rings is 2. The smallest absolute Gasteiger partial charge is 0.336 e. The molecule has 0 aromatic heterocycles. The van der Waals surface area contributed by atoms with Crippen molar-refractivity contribution in [3.63, 3.8) is 0 Å². The highest BCUT2D eigenvalue weighted by molar-refractivity contribution is 9.10. The average Bonchev–Trinajstić information content (AvgIpc) is 2.73. The van der Waals surface area contributed by atoms with E-state index in [1.165, 1.54) is 0 Å². The summed E-state index contributed by atoms with van der Waals surface area (Å²) in [6.07, 6.45) is 1.89. The molecule has 1 heterocycles. The Bertz CT molecular complexity index is 1100. The van der Waals surface area contributed by atoms with Gasteiger partial charge in [-0.15, -0.1) is 0 Å². The molecule has 0 saturated carbocycles. The van der Waals surface area contributed by atoms with Crippen LogP contribution in [0.2, 0.25) is 0 Å². The summed E-state index contributed by atoms with van der Waals surface area (Å²) >= 11 is 3.48. The molecule has 2 aromatic rings. The van der Waals surface area contributed by atoms with E-state index in [2.05, 4.69) is 35.1 Å². The molecule has 0 amide bonds. The zero-order valence-corrected chi connectivity index (χ0v) is 20.3. The molecule has 0 spiro atoms. The topological polar surface area (TPSA) is 55.4 Å². The van der Waals surface area contributed by atoms with Gasteiger partial charge in [0, 0.05) is 40.2 Å². The Morgan fingerprint density at radius 2 is 1.78 bits per heavy atom. The molecule has 0 fully saturated rings. The van der Waals surface area contributed by atoms with E-state index in [1.807, 2.05) is 61.5 Å². The van der Waals surface area contributed by atoms with E-state index < -0.39 is 5.92 Å². The number of hydrogen-bond acceptors (Lipinski definition) is 4. The first-order chi connectivity index (χ1) is 15.2. The van der Waals surface area contributed by atoms with Crippen molar-refractivity contribution in [1.29, 1.82) is 0 Å². The maximum atomic E-state index is 13.3. The summed E-state index contributed by atoms with van der Waals surface area (Å²) in [5.41, 5.74) is 4.83. The molecular formula is C27H28BrNO3. The Morgan fingerprint density at radius 1 is 1.09 bits per heavy atom. The highest BCUT2D eigenvalue weighted by Crippen LogP contribution is 2.46. The Hall–Kier alpha value is -2.66. The summed E-state index contributed by atoms with van der Waals surface area (Å²) in [7, 11) is 0. The molecule has 166 valence electrons. The summed E-state index contributed by atoms with van der Waals surface area (Å²) < 4.78 is 6.66. The maximum Gasteiger partial charge on any atom is 0.336 e. The normalized spacial score (nSPS) is 20.0. The molecule has 32 heavy (non-hydrogen) atoms. The number of ether oxygens (including phenoxy) is 1. The average molecular weight is 494 g/mol. The number of nitrogens with one attached hydrogen (secondary N) is 1. The van der Waals surface area contributed by atoms with Gasteiger partial charge >= 0.3 is 5.97 Å². The van der Waals surface area contributed by atoms with E-state index >= 15 is 0 Å². The first kappa shape index (κ1) is 22.5. The van der Waals surface area contributed by atoms with Crippen molar-refractivity contribution >= 4 is 27.7 Å². The molecule has 0 radical (unpaired) electrons. The van der Waals surface area contributed by atoms with Gasteiger partial charge in [-0.25, -0.2) is 4.79 Å². The fraction of sp³-hybridized carbons (Fsp3) is 0.333. The molecule has 1 aliphatic carbocycles. The SMILES string of the molecule is CC1=C(C(=O)OCCc2ccccc2)[C@H](c2ccc(Br)cc2)C2=C(CC(C)(C)CC2=O)N1. The van der Waals surface area contributed by atoms with Crippen LogP contribution in [0.5, 0.6) is 0 Å². The van der Waals surface area contributed by atoms with Crippen molar-refractivity contribution in [2.24, 2.45) is 5.41 Å². The summed E-state index contributed by atoms with van der Waals surface area (Å²) in [4.78, 5) is 26.6. The molecule has 0 bridgehead atoms. The number of esters is 1. The number of carbonyl (C=O) groups excluding carboxylic acids is 2. The van der Waals surface area contributed by atoms with E-state index in [4.69, 9.17) is 4.74 Å². The van der Waals surface area contributed by atoms with Crippen LogP contribution in [0.25, 0.3) is 0 Å². The number of rotatable bonds is 5. The van der Waals surface area contributed by atoms with Crippen molar-refractivity contribution in [2.45, 2.75) is 46.0 Å². The van der Waals surface area contributed by atoms with Crippen LogP contribution in [0, 0.1) is 5.41 Å². The van der Waals surface area contributed by atoms with Gasteiger partial charge in [-0.3, -0.25) is 4.79 Å². The molecule has 0 unspecified atom stereocenters. The van der Waals surface area contributed by atoms with Crippen molar-refractivity contribution in [3.05, 3.63) is 92.7 Å². The second-order valence-corrected chi connectivity index (χ2v) is 10.3. The van der Waals surface area contributed by atoms with Crippen molar-refractivity contribution in [1.82, 2.24) is 5.32 Å². The minimum absolute atomic E-state index is 0.0961. The van der Waals surface area contributed by atoms with Crippen molar-refractivity contribution in [3.8, 4) is 0 Å². The van der Waals surface area contributed by atoms with Crippen LogP contribution >= 0.6 is 15.9 Å². The lowest BCUT2D eigenvalue weighted by molar-refractivity contribution is -0.139. The lowest BCUT2D eigenvalue weighted by Crippen LogP contribution is -2.38. The predicted molar refractivity (Wildman–Crippen MR) is 129 cm³/mol. The van der Waals surface area contributed by atoms with Gasteiger partial charge in [0.25, 0.3) is 0 Å². The predicted octanol–water partition coefficient (Wildman–Crippen LogP) is 5.84. The summed E-state index contributed by atoms with van der Waals surface area (Å²) in [5.74, 6) is -0.700. The maximum absolute atomic E-state index is 13.3. The molecule has 1 aliphatic heterocycles. The van der Waals surface area contributed by atoms with Crippen LogP contribution in [0.4, 0.5) is 0 Å². The van der Waals surface area contributed by atoms with E-state index in [9.17, 15) is 9.59 Å². The third-order valence-electron chi connectivity index (χ3n) is 6.13. The van der Waals surface area contributed by atoms with Crippen molar-refractivity contribution in [2.75, 3.05) is 6.61 Å². The first-order valence-corrected chi connectivity index (χ1v) is 11.7. The Kier molecular flexibility index (Phi) is 6.38. The van der Waals surface area contributed by atoms with Crippen molar-refractivity contribution < 1.29 is 14.3 Å². The Morgan fingerprint density at radius 3 is 2.47 bits per heavy atom. The van der Waals surface area contributed by atoms with Crippen LogP contribution in [-0.2, 0) is 20.7 Å². The van der Waals surface area contributed by atoms with E-state index in [0.29, 0.717) is 30.6 Å². The third-order valence-corrected chi connectivity index (χ3v) is 6.66. The van der Waals surface area contributed by atoms with Gasteiger partial charge in [0.1, 0.15) is 0 Å². The molecular weight excluding hydrogens is 466 g/mol. The number of allylic oxidation sites excluding steroid dienone is 3. The molecule has 4 rings (SSSR count). The molecule has 2 aliphatic rings. The summed E-state index contributed by atoms with van der Waals surface area (Å²) in [5, 5.41) is 3.38.